The Labute approximate surface area is 103 Å². The summed E-state index contributed by atoms with van der Waals surface area (Å²) in [5.74, 6) is -0.0306. The van der Waals surface area contributed by atoms with Crippen LogP contribution in [0.2, 0.25) is 0 Å². The molecule has 0 radical (unpaired) electrons. The summed E-state index contributed by atoms with van der Waals surface area (Å²) in [5, 5.41) is 2.91. The first-order valence-electron chi connectivity index (χ1n) is 6.41. The Kier molecular flexibility index (Phi) is 7.67. The fourth-order valence-electron chi connectivity index (χ4n) is 1.95. The Hall–Kier alpha value is -0.870. The molecule has 1 N–H and O–H groups in total. The Morgan fingerprint density at radius 2 is 1.59 bits per heavy atom. The number of ether oxygens (including phenoxy) is 2. The van der Waals surface area contributed by atoms with Gasteiger partial charge in [-0.1, -0.05) is 25.8 Å². The van der Waals surface area contributed by atoms with Crippen LogP contribution >= 0.6 is 0 Å². The van der Waals surface area contributed by atoms with Gasteiger partial charge in [0.05, 0.1) is 26.4 Å². The second kappa shape index (κ2) is 9.19. The van der Waals surface area contributed by atoms with E-state index in [0.29, 0.717) is 6.04 Å². The number of rotatable bonds is 2. The Morgan fingerprint density at radius 1 is 1.06 bits per heavy atom. The lowest BCUT2D eigenvalue weighted by molar-refractivity contribution is -0.117. The van der Waals surface area contributed by atoms with Crippen LogP contribution in [0.4, 0.5) is 0 Å². The predicted octanol–water partition coefficient (Wildman–Crippen LogP) is 1.65. The first-order chi connectivity index (χ1) is 8.33. The molecule has 1 heterocycles. The molecule has 0 unspecified atom stereocenters. The summed E-state index contributed by atoms with van der Waals surface area (Å²) >= 11 is 0. The van der Waals surface area contributed by atoms with Crippen LogP contribution < -0.4 is 5.32 Å². The zero-order chi connectivity index (χ0) is 12.3. The maximum atomic E-state index is 10.9. The van der Waals surface area contributed by atoms with E-state index >= 15 is 0 Å². The molecule has 98 valence electrons. The van der Waals surface area contributed by atoms with Gasteiger partial charge < -0.3 is 14.8 Å². The van der Waals surface area contributed by atoms with Gasteiger partial charge in [0.1, 0.15) is 0 Å². The standard InChI is InChI=1S/C9H15NO.C4H8O2/c1-2-9(11)10-8-6-4-3-5-7-8;1-2-6-4-3-5-1/h2,8H,1,3-7H2,(H,10,11);1-4H2. The van der Waals surface area contributed by atoms with Gasteiger partial charge in [0.2, 0.25) is 5.91 Å². The number of hydrogen-bond acceptors (Lipinski definition) is 3. The summed E-state index contributed by atoms with van der Waals surface area (Å²) in [6.45, 7) is 6.53. The molecule has 1 saturated heterocycles. The van der Waals surface area contributed by atoms with Crippen LogP contribution in [0.3, 0.4) is 0 Å². The van der Waals surface area contributed by atoms with Gasteiger partial charge >= 0.3 is 0 Å². The minimum atomic E-state index is -0.0306. The van der Waals surface area contributed by atoms with E-state index in [9.17, 15) is 4.79 Å². The molecule has 0 aromatic heterocycles. The van der Waals surface area contributed by atoms with E-state index in [1.165, 1.54) is 25.3 Å². The van der Waals surface area contributed by atoms with E-state index in [-0.39, 0.29) is 5.91 Å². The molecular formula is C13H23NO3. The molecule has 0 aromatic rings. The van der Waals surface area contributed by atoms with Crippen molar-refractivity contribution in [2.24, 2.45) is 0 Å². The largest absolute Gasteiger partial charge is 0.377 e. The van der Waals surface area contributed by atoms with Gasteiger partial charge in [0, 0.05) is 6.04 Å². The van der Waals surface area contributed by atoms with Gasteiger partial charge in [-0.05, 0) is 18.9 Å². The topological polar surface area (TPSA) is 47.6 Å². The lowest BCUT2D eigenvalue weighted by Gasteiger charge is -2.21. The number of amides is 1. The van der Waals surface area contributed by atoms with Crippen molar-refractivity contribution in [1.82, 2.24) is 5.32 Å². The number of carbonyl (C=O) groups is 1. The van der Waals surface area contributed by atoms with Gasteiger partial charge in [-0.2, -0.15) is 0 Å². The smallest absolute Gasteiger partial charge is 0.243 e. The molecule has 1 aliphatic heterocycles. The maximum Gasteiger partial charge on any atom is 0.243 e. The van der Waals surface area contributed by atoms with E-state index in [0.717, 1.165) is 39.3 Å². The summed E-state index contributed by atoms with van der Waals surface area (Å²) in [7, 11) is 0. The molecule has 4 heteroatoms. The molecule has 2 rings (SSSR count). The highest BCUT2D eigenvalue weighted by Gasteiger charge is 2.13. The molecule has 0 atom stereocenters. The van der Waals surface area contributed by atoms with Crippen molar-refractivity contribution in [1.29, 1.82) is 0 Å². The van der Waals surface area contributed by atoms with Crippen LogP contribution in [-0.4, -0.2) is 38.4 Å². The molecule has 17 heavy (non-hydrogen) atoms. The summed E-state index contributed by atoms with van der Waals surface area (Å²) in [5.41, 5.74) is 0. The molecule has 4 nitrogen and oxygen atoms in total. The monoisotopic (exact) mass is 241 g/mol. The van der Waals surface area contributed by atoms with Crippen LogP contribution in [0.15, 0.2) is 12.7 Å². The quantitative estimate of drug-likeness (QED) is 0.748. The molecule has 2 fully saturated rings. The highest BCUT2D eigenvalue weighted by atomic mass is 16.6. The summed E-state index contributed by atoms with van der Waals surface area (Å²) < 4.78 is 9.89. The highest BCUT2D eigenvalue weighted by molar-refractivity contribution is 5.87. The molecule has 0 bridgehead atoms. The van der Waals surface area contributed by atoms with Gasteiger partial charge in [-0.25, -0.2) is 0 Å². The average molecular weight is 241 g/mol. The highest BCUT2D eigenvalue weighted by Crippen LogP contribution is 2.17. The number of hydrogen-bond donors (Lipinski definition) is 1. The van der Waals surface area contributed by atoms with Crippen molar-refractivity contribution < 1.29 is 14.3 Å². The van der Waals surface area contributed by atoms with E-state index in [1.54, 1.807) is 0 Å². The van der Waals surface area contributed by atoms with E-state index in [4.69, 9.17) is 9.47 Å². The minimum Gasteiger partial charge on any atom is -0.377 e. The second-order valence-corrected chi connectivity index (χ2v) is 4.27. The van der Waals surface area contributed by atoms with Gasteiger partial charge in [-0.3, -0.25) is 4.79 Å². The van der Waals surface area contributed by atoms with Gasteiger partial charge in [-0.15, -0.1) is 0 Å². The molecule has 1 aliphatic carbocycles. The van der Waals surface area contributed by atoms with Crippen molar-refractivity contribution in [2.45, 2.75) is 38.1 Å². The minimum absolute atomic E-state index is 0.0306. The van der Waals surface area contributed by atoms with Crippen LogP contribution in [-0.2, 0) is 14.3 Å². The average Bonchev–Trinajstić information content (AvgIpc) is 2.42. The van der Waals surface area contributed by atoms with E-state index in [2.05, 4.69) is 11.9 Å². The summed E-state index contributed by atoms with van der Waals surface area (Å²) in [4.78, 5) is 10.9. The zero-order valence-corrected chi connectivity index (χ0v) is 10.5. The van der Waals surface area contributed by atoms with Crippen LogP contribution in [0, 0.1) is 0 Å². The second-order valence-electron chi connectivity index (χ2n) is 4.27. The third-order valence-electron chi connectivity index (χ3n) is 2.88. The van der Waals surface area contributed by atoms with Crippen molar-refractivity contribution in [3.63, 3.8) is 0 Å². The lowest BCUT2D eigenvalue weighted by atomic mass is 9.95. The Balaban J connectivity index is 0.000000202. The maximum absolute atomic E-state index is 10.9. The molecule has 1 amide bonds. The van der Waals surface area contributed by atoms with Crippen LogP contribution in [0.25, 0.3) is 0 Å². The Bertz CT molecular complexity index is 209. The lowest BCUT2D eigenvalue weighted by Crippen LogP contribution is -2.34. The van der Waals surface area contributed by atoms with Crippen molar-refractivity contribution in [3.05, 3.63) is 12.7 Å². The van der Waals surface area contributed by atoms with Crippen molar-refractivity contribution in [3.8, 4) is 0 Å². The molecule has 1 saturated carbocycles. The first-order valence-corrected chi connectivity index (χ1v) is 6.41. The normalized spacial score (nSPS) is 20.9. The predicted molar refractivity (Wildman–Crippen MR) is 66.9 cm³/mol. The van der Waals surface area contributed by atoms with E-state index in [1.807, 2.05) is 0 Å². The van der Waals surface area contributed by atoms with Crippen LogP contribution in [0.1, 0.15) is 32.1 Å². The first kappa shape index (κ1) is 14.2. The Morgan fingerprint density at radius 3 is 2.00 bits per heavy atom. The number of carbonyl (C=O) groups excluding carboxylic acids is 1. The zero-order valence-electron chi connectivity index (χ0n) is 10.5. The SMILES string of the molecule is C1COCCO1.C=CC(=O)NC1CCCCC1. The molecule has 0 aromatic carbocycles. The summed E-state index contributed by atoms with van der Waals surface area (Å²) in [6.07, 6.45) is 7.44. The third-order valence-corrected chi connectivity index (χ3v) is 2.88. The third kappa shape index (κ3) is 7.13. The van der Waals surface area contributed by atoms with Crippen LogP contribution in [0.5, 0.6) is 0 Å². The van der Waals surface area contributed by atoms with Crippen molar-refractivity contribution in [2.75, 3.05) is 26.4 Å². The van der Waals surface area contributed by atoms with E-state index < -0.39 is 0 Å². The molecule has 0 spiro atoms. The number of nitrogens with one attached hydrogen (secondary N) is 1. The van der Waals surface area contributed by atoms with Gasteiger partial charge in [0.25, 0.3) is 0 Å². The fourth-order valence-corrected chi connectivity index (χ4v) is 1.95. The summed E-state index contributed by atoms with van der Waals surface area (Å²) in [6, 6.07) is 0.411. The molecular weight excluding hydrogens is 218 g/mol. The fraction of sp³-hybridized carbons (Fsp3) is 0.769. The molecule has 2 aliphatic rings. The van der Waals surface area contributed by atoms with Crippen molar-refractivity contribution >= 4 is 5.91 Å². The van der Waals surface area contributed by atoms with Gasteiger partial charge in [0.15, 0.2) is 0 Å².